The summed E-state index contributed by atoms with van der Waals surface area (Å²) in [6, 6.07) is 17.0. The number of nitriles is 1. The number of hydrogen-bond acceptors (Lipinski definition) is 2. The highest BCUT2D eigenvalue weighted by Crippen LogP contribution is 2.23. The molecule has 0 aliphatic heterocycles. The first kappa shape index (κ1) is 17.1. The third kappa shape index (κ3) is 4.86. The second-order valence-corrected chi connectivity index (χ2v) is 6.46. The van der Waals surface area contributed by atoms with E-state index in [1.807, 2.05) is 12.1 Å². The van der Waals surface area contributed by atoms with E-state index in [0.29, 0.717) is 18.9 Å². The summed E-state index contributed by atoms with van der Waals surface area (Å²) >= 11 is 0. The highest BCUT2D eigenvalue weighted by atomic mass is 16.5. The van der Waals surface area contributed by atoms with Gasteiger partial charge in [-0.15, -0.1) is 0 Å². The lowest BCUT2D eigenvalue weighted by molar-refractivity contribution is 0.305. The van der Waals surface area contributed by atoms with Crippen molar-refractivity contribution in [3.05, 3.63) is 64.7 Å². The quantitative estimate of drug-likeness (QED) is 0.705. The zero-order chi connectivity index (χ0) is 16.8. The molecule has 2 rings (SSSR count). The molecule has 0 aliphatic carbocycles. The zero-order valence-electron chi connectivity index (χ0n) is 14.5. The SMILES string of the molecule is Cc1cc(C)cc(OCCC(C#N)c2ccc(C(C)C)cc2)c1. The fourth-order valence-corrected chi connectivity index (χ4v) is 2.73. The van der Waals surface area contributed by atoms with E-state index in [2.05, 4.69) is 64.1 Å². The summed E-state index contributed by atoms with van der Waals surface area (Å²) < 4.78 is 5.83. The first-order valence-corrected chi connectivity index (χ1v) is 8.20. The second-order valence-electron chi connectivity index (χ2n) is 6.46. The number of benzene rings is 2. The summed E-state index contributed by atoms with van der Waals surface area (Å²) in [6.07, 6.45) is 0.699. The van der Waals surface area contributed by atoms with Gasteiger partial charge in [-0.25, -0.2) is 0 Å². The molecule has 0 amide bonds. The van der Waals surface area contributed by atoms with Crippen LogP contribution in [0, 0.1) is 25.2 Å². The molecule has 0 saturated carbocycles. The van der Waals surface area contributed by atoms with Gasteiger partial charge in [0.15, 0.2) is 0 Å². The molecule has 0 spiro atoms. The van der Waals surface area contributed by atoms with Crippen LogP contribution in [0.2, 0.25) is 0 Å². The van der Waals surface area contributed by atoms with Gasteiger partial charge in [0.1, 0.15) is 5.75 Å². The topological polar surface area (TPSA) is 33.0 Å². The van der Waals surface area contributed by atoms with Crippen LogP contribution in [0.5, 0.6) is 5.75 Å². The van der Waals surface area contributed by atoms with Crippen molar-refractivity contribution in [2.75, 3.05) is 6.61 Å². The second kappa shape index (κ2) is 7.83. The standard InChI is InChI=1S/C21H25NO/c1-15(2)18-5-7-19(8-6-18)20(14-22)9-10-23-21-12-16(3)11-17(4)13-21/h5-8,11-13,15,20H,9-10H2,1-4H3. The first-order chi connectivity index (χ1) is 11.0. The monoisotopic (exact) mass is 307 g/mol. The Labute approximate surface area is 139 Å². The van der Waals surface area contributed by atoms with Gasteiger partial charge in [0.2, 0.25) is 0 Å². The molecule has 2 nitrogen and oxygen atoms in total. The smallest absolute Gasteiger partial charge is 0.119 e. The maximum Gasteiger partial charge on any atom is 0.119 e. The van der Waals surface area contributed by atoms with Crippen LogP contribution in [0.1, 0.15) is 54.4 Å². The Morgan fingerprint density at radius 1 is 0.957 bits per heavy atom. The van der Waals surface area contributed by atoms with E-state index in [1.165, 1.54) is 16.7 Å². The van der Waals surface area contributed by atoms with Gasteiger partial charge in [0.25, 0.3) is 0 Å². The van der Waals surface area contributed by atoms with Gasteiger partial charge >= 0.3 is 0 Å². The Morgan fingerprint density at radius 2 is 1.52 bits per heavy atom. The minimum atomic E-state index is -0.123. The maximum atomic E-state index is 9.44. The van der Waals surface area contributed by atoms with E-state index in [0.717, 1.165) is 11.3 Å². The van der Waals surface area contributed by atoms with Gasteiger partial charge in [-0.1, -0.05) is 44.2 Å². The van der Waals surface area contributed by atoms with Crippen molar-refractivity contribution >= 4 is 0 Å². The van der Waals surface area contributed by atoms with Crippen LogP contribution >= 0.6 is 0 Å². The molecule has 0 fully saturated rings. The average Bonchev–Trinajstić information content (AvgIpc) is 2.51. The lowest BCUT2D eigenvalue weighted by atomic mass is 9.94. The molecule has 0 saturated heterocycles. The lowest BCUT2D eigenvalue weighted by Crippen LogP contribution is -2.05. The van der Waals surface area contributed by atoms with Crippen molar-refractivity contribution in [2.45, 2.75) is 46.0 Å². The van der Waals surface area contributed by atoms with Gasteiger partial charge in [0, 0.05) is 6.42 Å². The number of aryl methyl sites for hydroxylation is 2. The minimum absolute atomic E-state index is 0.123. The number of ether oxygens (including phenoxy) is 1. The van der Waals surface area contributed by atoms with E-state index in [1.54, 1.807) is 0 Å². The predicted molar refractivity (Wildman–Crippen MR) is 94.9 cm³/mol. The zero-order valence-corrected chi connectivity index (χ0v) is 14.5. The van der Waals surface area contributed by atoms with Crippen LogP contribution in [0.4, 0.5) is 0 Å². The molecular formula is C21H25NO. The Kier molecular flexibility index (Phi) is 5.82. The van der Waals surface area contributed by atoms with Gasteiger partial charge < -0.3 is 4.74 Å². The molecule has 2 heteroatoms. The molecule has 2 aromatic carbocycles. The van der Waals surface area contributed by atoms with Crippen molar-refractivity contribution in [1.29, 1.82) is 5.26 Å². The highest BCUT2D eigenvalue weighted by molar-refractivity contribution is 5.33. The first-order valence-electron chi connectivity index (χ1n) is 8.20. The summed E-state index contributed by atoms with van der Waals surface area (Å²) in [7, 11) is 0. The van der Waals surface area contributed by atoms with Crippen LogP contribution in [0.25, 0.3) is 0 Å². The van der Waals surface area contributed by atoms with E-state index in [9.17, 15) is 5.26 Å². The lowest BCUT2D eigenvalue weighted by Gasteiger charge is -2.13. The van der Waals surface area contributed by atoms with Crippen LogP contribution < -0.4 is 4.74 Å². The van der Waals surface area contributed by atoms with E-state index in [-0.39, 0.29) is 5.92 Å². The van der Waals surface area contributed by atoms with Crippen LogP contribution in [0.3, 0.4) is 0 Å². The van der Waals surface area contributed by atoms with E-state index >= 15 is 0 Å². The Balaban J connectivity index is 1.96. The molecule has 23 heavy (non-hydrogen) atoms. The van der Waals surface area contributed by atoms with Gasteiger partial charge in [0.05, 0.1) is 18.6 Å². The van der Waals surface area contributed by atoms with Crippen LogP contribution in [0.15, 0.2) is 42.5 Å². The summed E-state index contributed by atoms with van der Waals surface area (Å²) in [4.78, 5) is 0. The molecule has 0 heterocycles. The van der Waals surface area contributed by atoms with Gasteiger partial charge in [-0.2, -0.15) is 5.26 Å². The molecule has 120 valence electrons. The van der Waals surface area contributed by atoms with Crippen molar-refractivity contribution in [1.82, 2.24) is 0 Å². The fraction of sp³-hybridized carbons (Fsp3) is 0.381. The summed E-state index contributed by atoms with van der Waals surface area (Å²) in [5.74, 6) is 1.27. The molecular weight excluding hydrogens is 282 g/mol. The number of rotatable bonds is 6. The molecule has 1 unspecified atom stereocenters. The predicted octanol–water partition coefficient (Wildman–Crippen LogP) is 5.50. The fourth-order valence-electron chi connectivity index (χ4n) is 2.73. The highest BCUT2D eigenvalue weighted by Gasteiger charge is 2.11. The third-order valence-electron chi connectivity index (χ3n) is 4.03. The Morgan fingerprint density at radius 3 is 2.04 bits per heavy atom. The molecule has 0 radical (unpaired) electrons. The summed E-state index contributed by atoms with van der Waals surface area (Å²) in [6.45, 7) is 9.03. The normalized spacial score (nSPS) is 12.0. The maximum absolute atomic E-state index is 9.44. The average molecular weight is 307 g/mol. The Bertz CT molecular complexity index is 660. The molecule has 1 atom stereocenters. The third-order valence-corrected chi connectivity index (χ3v) is 4.03. The van der Waals surface area contributed by atoms with Crippen LogP contribution in [-0.4, -0.2) is 6.61 Å². The number of hydrogen-bond donors (Lipinski definition) is 0. The summed E-state index contributed by atoms with van der Waals surface area (Å²) in [5.41, 5.74) is 4.76. The van der Waals surface area contributed by atoms with Crippen molar-refractivity contribution in [2.24, 2.45) is 0 Å². The van der Waals surface area contributed by atoms with E-state index < -0.39 is 0 Å². The Hall–Kier alpha value is -2.27. The molecule has 0 N–H and O–H groups in total. The molecule has 0 bridgehead atoms. The van der Waals surface area contributed by atoms with Crippen LogP contribution in [-0.2, 0) is 0 Å². The molecule has 0 aliphatic rings. The van der Waals surface area contributed by atoms with Gasteiger partial charge in [-0.05, 0) is 54.2 Å². The number of nitrogens with zero attached hydrogens (tertiary/aromatic N) is 1. The van der Waals surface area contributed by atoms with E-state index in [4.69, 9.17) is 4.74 Å². The van der Waals surface area contributed by atoms with Crippen molar-refractivity contribution in [3.63, 3.8) is 0 Å². The van der Waals surface area contributed by atoms with Crippen molar-refractivity contribution < 1.29 is 4.74 Å². The summed E-state index contributed by atoms with van der Waals surface area (Å²) in [5, 5.41) is 9.44. The molecule has 0 aromatic heterocycles. The van der Waals surface area contributed by atoms with Gasteiger partial charge in [-0.3, -0.25) is 0 Å². The molecule has 2 aromatic rings. The minimum Gasteiger partial charge on any atom is -0.494 e. The van der Waals surface area contributed by atoms with Crippen molar-refractivity contribution in [3.8, 4) is 11.8 Å². The largest absolute Gasteiger partial charge is 0.494 e.